The van der Waals surface area contributed by atoms with Gasteiger partial charge in [-0.3, -0.25) is 4.79 Å². The molecule has 0 aliphatic rings. The minimum atomic E-state index is -0.273. The second kappa shape index (κ2) is 5.43. The van der Waals surface area contributed by atoms with E-state index in [1.807, 2.05) is 6.92 Å². The zero-order valence-corrected chi connectivity index (χ0v) is 11.2. The first-order chi connectivity index (χ1) is 9.52. The van der Waals surface area contributed by atoms with Crippen molar-refractivity contribution in [2.75, 3.05) is 5.32 Å². The first-order valence-corrected chi connectivity index (χ1v) is 5.89. The van der Waals surface area contributed by atoms with E-state index in [1.165, 1.54) is 6.20 Å². The lowest BCUT2D eigenvalue weighted by Crippen LogP contribution is -2.18. The lowest BCUT2D eigenvalue weighted by Gasteiger charge is -2.10. The van der Waals surface area contributed by atoms with Crippen molar-refractivity contribution < 1.29 is 10.0 Å². The number of amidine groups is 1. The van der Waals surface area contributed by atoms with E-state index in [0.29, 0.717) is 16.9 Å². The molecule has 0 saturated carbocycles. The van der Waals surface area contributed by atoms with Crippen LogP contribution in [0.3, 0.4) is 0 Å². The SMILES string of the molecule is Cc1ccc(/C(N)=N/O)cc1NC(=O)c1cncn1C. The van der Waals surface area contributed by atoms with Gasteiger partial charge in [0.15, 0.2) is 5.84 Å². The molecule has 0 saturated heterocycles. The van der Waals surface area contributed by atoms with Gasteiger partial charge in [0.2, 0.25) is 0 Å². The maximum atomic E-state index is 12.1. The van der Waals surface area contributed by atoms with Crippen molar-refractivity contribution in [3.8, 4) is 0 Å². The van der Waals surface area contributed by atoms with E-state index in [0.717, 1.165) is 5.56 Å². The summed E-state index contributed by atoms with van der Waals surface area (Å²) in [7, 11) is 1.74. The summed E-state index contributed by atoms with van der Waals surface area (Å²) < 4.78 is 1.62. The summed E-state index contributed by atoms with van der Waals surface area (Å²) in [5.41, 5.74) is 7.97. The molecule has 0 fully saturated rings. The van der Waals surface area contributed by atoms with Gasteiger partial charge in [-0.05, 0) is 18.6 Å². The summed E-state index contributed by atoms with van der Waals surface area (Å²) in [6.45, 7) is 1.86. The van der Waals surface area contributed by atoms with Gasteiger partial charge in [0.1, 0.15) is 5.69 Å². The van der Waals surface area contributed by atoms with Crippen molar-refractivity contribution in [1.82, 2.24) is 9.55 Å². The van der Waals surface area contributed by atoms with Crippen molar-refractivity contribution >= 4 is 17.4 Å². The lowest BCUT2D eigenvalue weighted by molar-refractivity contribution is 0.101. The Morgan fingerprint density at radius 1 is 1.50 bits per heavy atom. The van der Waals surface area contributed by atoms with Crippen molar-refractivity contribution in [2.24, 2.45) is 17.9 Å². The van der Waals surface area contributed by atoms with E-state index in [2.05, 4.69) is 15.5 Å². The Balaban J connectivity index is 2.29. The maximum absolute atomic E-state index is 12.1. The van der Waals surface area contributed by atoms with Crippen LogP contribution in [0.15, 0.2) is 35.9 Å². The van der Waals surface area contributed by atoms with Gasteiger partial charge in [-0.1, -0.05) is 17.3 Å². The molecule has 2 aromatic rings. The summed E-state index contributed by atoms with van der Waals surface area (Å²) >= 11 is 0. The summed E-state index contributed by atoms with van der Waals surface area (Å²) in [6, 6.07) is 5.15. The number of hydrogen-bond acceptors (Lipinski definition) is 4. The van der Waals surface area contributed by atoms with Crippen LogP contribution >= 0.6 is 0 Å². The van der Waals surface area contributed by atoms with Gasteiger partial charge in [0.05, 0.1) is 12.5 Å². The highest BCUT2D eigenvalue weighted by Gasteiger charge is 2.12. The molecule has 0 unspecified atom stereocenters. The average molecular weight is 273 g/mol. The van der Waals surface area contributed by atoms with Gasteiger partial charge >= 0.3 is 0 Å². The second-order valence-electron chi connectivity index (χ2n) is 4.36. The van der Waals surface area contributed by atoms with E-state index in [4.69, 9.17) is 10.9 Å². The van der Waals surface area contributed by atoms with Crippen LogP contribution in [0.1, 0.15) is 21.6 Å². The number of nitrogens with one attached hydrogen (secondary N) is 1. The molecule has 1 aromatic carbocycles. The predicted octanol–water partition coefficient (Wildman–Crippen LogP) is 1.08. The quantitative estimate of drug-likeness (QED) is 0.336. The maximum Gasteiger partial charge on any atom is 0.273 e. The van der Waals surface area contributed by atoms with Crippen LogP contribution in [0.25, 0.3) is 0 Å². The molecule has 20 heavy (non-hydrogen) atoms. The van der Waals surface area contributed by atoms with E-state index in [1.54, 1.807) is 36.1 Å². The smallest absolute Gasteiger partial charge is 0.273 e. The zero-order valence-electron chi connectivity index (χ0n) is 11.2. The van der Waals surface area contributed by atoms with Crippen molar-refractivity contribution in [2.45, 2.75) is 6.92 Å². The topological polar surface area (TPSA) is 106 Å². The van der Waals surface area contributed by atoms with Crippen molar-refractivity contribution in [3.05, 3.63) is 47.5 Å². The number of hydrogen-bond donors (Lipinski definition) is 3. The molecule has 7 heteroatoms. The molecule has 7 nitrogen and oxygen atoms in total. The van der Waals surface area contributed by atoms with E-state index < -0.39 is 0 Å². The zero-order chi connectivity index (χ0) is 14.7. The fraction of sp³-hybridized carbons (Fsp3) is 0.154. The number of carbonyl (C=O) groups excluding carboxylic acids is 1. The molecular formula is C13H15N5O2. The molecule has 1 heterocycles. The molecule has 0 spiro atoms. The minimum Gasteiger partial charge on any atom is -0.409 e. The summed E-state index contributed by atoms with van der Waals surface area (Å²) in [4.78, 5) is 16.0. The number of nitrogens with two attached hydrogens (primary N) is 1. The van der Waals surface area contributed by atoms with Gasteiger partial charge in [-0.15, -0.1) is 0 Å². The van der Waals surface area contributed by atoms with Crippen LogP contribution in [0.2, 0.25) is 0 Å². The summed E-state index contributed by atoms with van der Waals surface area (Å²) in [5.74, 6) is -0.286. The molecule has 1 amide bonds. The summed E-state index contributed by atoms with van der Waals surface area (Å²) in [6.07, 6.45) is 3.03. The minimum absolute atomic E-state index is 0.0129. The Bertz CT molecular complexity index is 675. The third-order valence-corrected chi connectivity index (χ3v) is 2.94. The number of oxime groups is 1. The summed E-state index contributed by atoms with van der Waals surface area (Å²) in [5, 5.41) is 14.4. The fourth-order valence-corrected chi connectivity index (χ4v) is 1.74. The molecule has 2 rings (SSSR count). The molecule has 0 atom stereocenters. The highest BCUT2D eigenvalue weighted by molar-refractivity contribution is 6.04. The molecule has 0 aliphatic heterocycles. The number of nitrogens with zero attached hydrogens (tertiary/aromatic N) is 3. The molecule has 0 bridgehead atoms. The molecule has 4 N–H and O–H groups in total. The van der Waals surface area contributed by atoms with Crippen LogP contribution in [0, 0.1) is 6.92 Å². The average Bonchev–Trinajstić information content (AvgIpc) is 2.86. The lowest BCUT2D eigenvalue weighted by atomic mass is 10.1. The Hall–Kier alpha value is -2.83. The van der Waals surface area contributed by atoms with Crippen molar-refractivity contribution in [3.63, 3.8) is 0 Å². The number of imidazole rings is 1. The number of aromatic nitrogens is 2. The fourth-order valence-electron chi connectivity index (χ4n) is 1.74. The van der Waals surface area contributed by atoms with Crippen LogP contribution < -0.4 is 11.1 Å². The Labute approximate surface area is 115 Å². The van der Waals surface area contributed by atoms with Crippen LogP contribution in [0.4, 0.5) is 5.69 Å². The first-order valence-electron chi connectivity index (χ1n) is 5.89. The normalized spacial score (nSPS) is 11.4. The number of aryl methyl sites for hydroxylation is 2. The number of amides is 1. The van der Waals surface area contributed by atoms with E-state index >= 15 is 0 Å². The molecule has 104 valence electrons. The first kappa shape index (κ1) is 13.6. The Morgan fingerprint density at radius 3 is 2.85 bits per heavy atom. The molecule has 1 aromatic heterocycles. The third kappa shape index (κ3) is 2.61. The van der Waals surface area contributed by atoms with Gasteiger partial charge in [0.25, 0.3) is 5.91 Å². The van der Waals surface area contributed by atoms with Crippen LogP contribution in [0.5, 0.6) is 0 Å². The number of rotatable bonds is 3. The molecule has 0 radical (unpaired) electrons. The van der Waals surface area contributed by atoms with Gasteiger partial charge in [-0.2, -0.15) is 0 Å². The molecule has 0 aliphatic carbocycles. The largest absolute Gasteiger partial charge is 0.409 e. The van der Waals surface area contributed by atoms with Gasteiger partial charge < -0.3 is 20.8 Å². The highest BCUT2D eigenvalue weighted by atomic mass is 16.4. The Kier molecular flexibility index (Phi) is 3.69. The monoisotopic (exact) mass is 273 g/mol. The van der Waals surface area contributed by atoms with E-state index in [-0.39, 0.29) is 11.7 Å². The van der Waals surface area contributed by atoms with E-state index in [9.17, 15) is 4.79 Å². The highest BCUT2D eigenvalue weighted by Crippen LogP contribution is 2.17. The third-order valence-electron chi connectivity index (χ3n) is 2.94. The standard InChI is InChI=1S/C13H15N5O2/c1-8-3-4-9(12(14)17-20)5-10(8)16-13(19)11-6-15-7-18(11)2/h3-7,20H,1-2H3,(H2,14,17)(H,16,19). The number of anilines is 1. The van der Waals surface area contributed by atoms with Crippen LogP contribution in [-0.4, -0.2) is 26.5 Å². The molecular weight excluding hydrogens is 258 g/mol. The van der Waals surface area contributed by atoms with Crippen molar-refractivity contribution in [1.29, 1.82) is 0 Å². The Morgan fingerprint density at radius 2 is 2.25 bits per heavy atom. The number of benzene rings is 1. The number of carbonyl (C=O) groups is 1. The predicted molar refractivity (Wildman–Crippen MR) is 74.9 cm³/mol. The second-order valence-corrected chi connectivity index (χ2v) is 4.36. The van der Waals surface area contributed by atoms with Crippen LogP contribution in [-0.2, 0) is 7.05 Å². The van der Waals surface area contributed by atoms with Gasteiger partial charge in [-0.25, -0.2) is 4.98 Å². The van der Waals surface area contributed by atoms with Gasteiger partial charge in [0, 0.05) is 18.3 Å².